The SMILES string of the molecule is CCOC(=O)c1sc(N)c(C#N)c1C[NH+](Cc1ccc(F)cc1)C1CC1. The molecule has 136 valence electrons. The minimum atomic E-state index is -0.433. The molecule has 1 aromatic heterocycles. The molecule has 1 saturated carbocycles. The zero-order valence-electron chi connectivity index (χ0n) is 14.5. The molecule has 5 nitrogen and oxygen atoms in total. The van der Waals surface area contributed by atoms with E-state index >= 15 is 0 Å². The summed E-state index contributed by atoms with van der Waals surface area (Å²) in [5.41, 5.74) is 8.02. The topological polar surface area (TPSA) is 80.5 Å². The molecule has 1 aromatic carbocycles. The van der Waals surface area contributed by atoms with Crippen molar-refractivity contribution in [2.24, 2.45) is 0 Å². The van der Waals surface area contributed by atoms with Gasteiger partial charge in [0.2, 0.25) is 0 Å². The van der Waals surface area contributed by atoms with Gasteiger partial charge in [-0.3, -0.25) is 0 Å². The predicted octanol–water partition coefficient (Wildman–Crippen LogP) is 2.27. The molecule has 0 amide bonds. The molecule has 7 heteroatoms. The maximum atomic E-state index is 13.2. The van der Waals surface area contributed by atoms with Crippen molar-refractivity contribution in [3.63, 3.8) is 0 Å². The molecule has 26 heavy (non-hydrogen) atoms. The van der Waals surface area contributed by atoms with E-state index in [0.717, 1.165) is 29.7 Å². The fourth-order valence-corrected chi connectivity index (χ4v) is 4.00. The van der Waals surface area contributed by atoms with Crippen molar-refractivity contribution in [2.45, 2.75) is 38.9 Å². The quantitative estimate of drug-likeness (QED) is 0.729. The van der Waals surface area contributed by atoms with Crippen molar-refractivity contribution >= 4 is 22.3 Å². The van der Waals surface area contributed by atoms with Crippen LogP contribution in [0.3, 0.4) is 0 Å². The molecule has 3 rings (SSSR count). The van der Waals surface area contributed by atoms with Crippen molar-refractivity contribution in [3.05, 3.63) is 51.7 Å². The average molecular weight is 374 g/mol. The minimum Gasteiger partial charge on any atom is -0.462 e. The van der Waals surface area contributed by atoms with E-state index in [1.54, 1.807) is 19.1 Å². The Morgan fingerprint density at radius 2 is 2.08 bits per heavy atom. The van der Waals surface area contributed by atoms with Gasteiger partial charge in [0.05, 0.1) is 23.8 Å². The van der Waals surface area contributed by atoms with Crippen LogP contribution in [0.4, 0.5) is 9.39 Å². The molecule has 2 aromatic rings. The number of nitriles is 1. The Balaban J connectivity index is 1.88. The van der Waals surface area contributed by atoms with Crippen LogP contribution in [0, 0.1) is 17.1 Å². The fraction of sp³-hybridized carbons (Fsp3) is 0.368. The smallest absolute Gasteiger partial charge is 0.348 e. The fourth-order valence-electron chi connectivity index (χ4n) is 3.07. The van der Waals surface area contributed by atoms with Crippen molar-refractivity contribution in [2.75, 3.05) is 12.3 Å². The van der Waals surface area contributed by atoms with Crippen molar-refractivity contribution in [1.29, 1.82) is 5.26 Å². The van der Waals surface area contributed by atoms with Gasteiger partial charge < -0.3 is 15.4 Å². The number of nitrogens with two attached hydrogens (primary N) is 1. The molecule has 1 aliphatic rings. The van der Waals surface area contributed by atoms with Gasteiger partial charge in [-0.25, -0.2) is 9.18 Å². The summed E-state index contributed by atoms with van der Waals surface area (Å²) in [7, 11) is 0. The number of nitrogens with zero attached hydrogens (tertiary/aromatic N) is 1. The lowest BCUT2D eigenvalue weighted by Gasteiger charge is -2.20. The lowest BCUT2D eigenvalue weighted by Crippen LogP contribution is -3.10. The molecule has 1 aliphatic carbocycles. The first-order valence-electron chi connectivity index (χ1n) is 8.60. The number of ether oxygens (including phenoxy) is 1. The van der Waals surface area contributed by atoms with E-state index in [-0.39, 0.29) is 12.4 Å². The van der Waals surface area contributed by atoms with E-state index in [4.69, 9.17) is 10.5 Å². The lowest BCUT2D eigenvalue weighted by atomic mass is 10.1. The van der Waals surface area contributed by atoms with Crippen LogP contribution in [0.5, 0.6) is 0 Å². The van der Waals surface area contributed by atoms with E-state index in [9.17, 15) is 14.4 Å². The highest BCUT2D eigenvalue weighted by atomic mass is 32.1. The number of esters is 1. The Morgan fingerprint density at radius 1 is 1.38 bits per heavy atom. The third-order valence-corrected chi connectivity index (χ3v) is 5.55. The Kier molecular flexibility index (Phi) is 5.55. The third-order valence-electron chi connectivity index (χ3n) is 4.51. The zero-order valence-corrected chi connectivity index (χ0v) is 15.4. The number of benzene rings is 1. The highest BCUT2D eigenvalue weighted by Crippen LogP contribution is 2.31. The Hall–Kier alpha value is -2.43. The van der Waals surface area contributed by atoms with Gasteiger partial charge in [-0.15, -0.1) is 11.3 Å². The summed E-state index contributed by atoms with van der Waals surface area (Å²) in [5, 5.41) is 9.83. The highest BCUT2D eigenvalue weighted by Gasteiger charge is 2.36. The van der Waals surface area contributed by atoms with Gasteiger partial charge in [-0.2, -0.15) is 5.26 Å². The number of rotatable bonds is 7. The van der Waals surface area contributed by atoms with Gasteiger partial charge in [0, 0.05) is 18.4 Å². The zero-order chi connectivity index (χ0) is 18.7. The first-order valence-corrected chi connectivity index (χ1v) is 9.42. The predicted molar refractivity (Wildman–Crippen MR) is 97.2 cm³/mol. The number of anilines is 1. The maximum Gasteiger partial charge on any atom is 0.348 e. The van der Waals surface area contributed by atoms with Crippen LogP contribution < -0.4 is 10.6 Å². The van der Waals surface area contributed by atoms with Gasteiger partial charge in [0.15, 0.2) is 0 Å². The number of nitrogens with one attached hydrogen (secondary N) is 1. The number of nitrogen functional groups attached to an aromatic ring is 1. The molecule has 0 aliphatic heterocycles. The van der Waals surface area contributed by atoms with Crippen LogP contribution in [0.2, 0.25) is 0 Å². The molecular weight excluding hydrogens is 353 g/mol. The van der Waals surface area contributed by atoms with Gasteiger partial charge in [-0.05, 0) is 19.1 Å². The Morgan fingerprint density at radius 3 is 2.65 bits per heavy atom. The second kappa shape index (κ2) is 7.85. The first kappa shape index (κ1) is 18.4. The van der Waals surface area contributed by atoms with E-state index in [0.29, 0.717) is 40.1 Å². The van der Waals surface area contributed by atoms with Crippen molar-refractivity contribution in [1.82, 2.24) is 0 Å². The summed E-state index contributed by atoms with van der Waals surface area (Å²) < 4.78 is 18.3. The summed E-state index contributed by atoms with van der Waals surface area (Å²) in [6.07, 6.45) is 2.21. The Bertz CT molecular complexity index is 838. The van der Waals surface area contributed by atoms with Crippen molar-refractivity contribution < 1.29 is 18.8 Å². The van der Waals surface area contributed by atoms with Crippen LogP contribution in [-0.2, 0) is 17.8 Å². The molecule has 1 fully saturated rings. The number of hydrogen-bond acceptors (Lipinski definition) is 5. The summed E-state index contributed by atoms with van der Waals surface area (Å²) >= 11 is 1.11. The van der Waals surface area contributed by atoms with Gasteiger partial charge in [0.25, 0.3) is 0 Å². The maximum absolute atomic E-state index is 13.2. The van der Waals surface area contributed by atoms with E-state index < -0.39 is 5.97 Å². The highest BCUT2D eigenvalue weighted by molar-refractivity contribution is 7.18. The van der Waals surface area contributed by atoms with E-state index in [1.807, 2.05) is 0 Å². The van der Waals surface area contributed by atoms with Gasteiger partial charge in [0.1, 0.15) is 34.9 Å². The number of quaternary nitrogens is 1. The lowest BCUT2D eigenvalue weighted by molar-refractivity contribution is -0.938. The number of hydrogen-bond donors (Lipinski definition) is 2. The van der Waals surface area contributed by atoms with Crippen LogP contribution in [-0.4, -0.2) is 18.6 Å². The normalized spacial score (nSPS) is 14.7. The standard InChI is InChI=1S/C19H20FN3O2S/c1-2-25-19(24)17-16(15(9-21)18(22)26-17)11-23(14-7-8-14)10-12-3-5-13(20)6-4-12/h3-6,14H,2,7-8,10-11,22H2,1H3/p+1. The number of thiophene rings is 1. The summed E-state index contributed by atoms with van der Waals surface area (Å²) in [6.45, 7) is 3.24. The third kappa shape index (κ3) is 4.03. The number of halogens is 1. The molecule has 0 radical (unpaired) electrons. The molecule has 1 heterocycles. The summed E-state index contributed by atoms with van der Waals surface area (Å²) in [5.74, 6) is -0.693. The average Bonchev–Trinajstić information content (AvgIpc) is 3.41. The van der Waals surface area contributed by atoms with E-state index in [1.165, 1.54) is 17.0 Å². The molecule has 0 bridgehead atoms. The molecule has 0 spiro atoms. The van der Waals surface area contributed by atoms with Crippen LogP contribution >= 0.6 is 11.3 Å². The first-order chi connectivity index (χ1) is 12.5. The number of carbonyl (C=O) groups is 1. The molecule has 1 atom stereocenters. The molecule has 1 unspecified atom stereocenters. The molecular formula is C19H21FN3O2S+. The van der Waals surface area contributed by atoms with E-state index in [2.05, 4.69) is 6.07 Å². The van der Waals surface area contributed by atoms with Gasteiger partial charge >= 0.3 is 5.97 Å². The van der Waals surface area contributed by atoms with Crippen molar-refractivity contribution in [3.8, 4) is 6.07 Å². The second-order valence-electron chi connectivity index (χ2n) is 6.39. The largest absolute Gasteiger partial charge is 0.462 e. The summed E-state index contributed by atoms with van der Waals surface area (Å²) in [4.78, 5) is 13.9. The number of carbonyl (C=O) groups excluding carboxylic acids is 1. The minimum absolute atomic E-state index is 0.260. The Labute approximate surface area is 155 Å². The van der Waals surface area contributed by atoms with Crippen LogP contribution in [0.15, 0.2) is 24.3 Å². The van der Waals surface area contributed by atoms with Crippen LogP contribution in [0.1, 0.15) is 46.1 Å². The van der Waals surface area contributed by atoms with Crippen LogP contribution in [0.25, 0.3) is 0 Å². The second-order valence-corrected chi connectivity index (χ2v) is 7.45. The monoisotopic (exact) mass is 374 g/mol. The summed E-state index contributed by atoms with van der Waals surface area (Å²) in [6, 6.07) is 9.06. The molecule has 0 saturated heterocycles. The molecule has 3 N–H and O–H groups in total. The van der Waals surface area contributed by atoms with Gasteiger partial charge in [-0.1, -0.05) is 12.1 Å².